The van der Waals surface area contributed by atoms with Crippen molar-refractivity contribution >= 4 is 10.9 Å². The molecule has 0 fully saturated rings. The summed E-state index contributed by atoms with van der Waals surface area (Å²) >= 11 is 0. The van der Waals surface area contributed by atoms with E-state index in [1.54, 1.807) is 0 Å². The van der Waals surface area contributed by atoms with E-state index in [1.807, 2.05) is 0 Å². The molecule has 4 nitrogen and oxygen atoms in total. The zero-order chi connectivity index (χ0) is 8.48. The Balaban J connectivity index is 2.99. The number of phenols is 1. The highest BCUT2D eigenvalue weighted by Crippen LogP contribution is 2.43. The van der Waals surface area contributed by atoms with Crippen molar-refractivity contribution in [3.05, 3.63) is 24.3 Å². The molecular weight excluding hydrogens is 168 g/mol. The number of phenolic OH excluding ortho intramolecular Hbond substituents is 1. The van der Waals surface area contributed by atoms with Gasteiger partial charge in [-0.25, -0.2) is 0 Å². The van der Waals surface area contributed by atoms with Gasteiger partial charge in [-0.2, -0.15) is 0 Å². The topological polar surface area (TPSA) is 80.9 Å². The minimum atomic E-state index is -3.63. The standard InChI is InChI=1S/C6H8O4S/c7-5-1-3-6(4-2-5)11(8,9)10/h1-4,7-10H. The molecule has 0 aliphatic rings. The van der Waals surface area contributed by atoms with E-state index in [0.29, 0.717) is 0 Å². The quantitative estimate of drug-likeness (QED) is 0.527. The van der Waals surface area contributed by atoms with Gasteiger partial charge < -0.3 is 18.8 Å². The molecule has 0 aliphatic carbocycles. The minimum absolute atomic E-state index is 0.00435. The predicted molar refractivity (Wildman–Crippen MR) is 41.9 cm³/mol. The Kier molecular flexibility index (Phi) is 2.05. The molecule has 0 heterocycles. The molecule has 1 aromatic carbocycles. The molecule has 0 saturated heterocycles. The summed E-state index contributed by atoms with van der Waals surface area (Å²) in [5.74, 6) is 0.0115. The van der Waals surface area contributed by atoms with Gasteiger partial charge in [0.25, 0.3) is 0 Å². The van der Waals surface area contributed by atoms with E-state index in [0.717, 1.165) is 0 Å². The molecule has 0 unspecified atom stereocenters. The van der Waals surface area contributed by atoms with Crippen molar-refractivity contribution in [3.63, 3.8) is 0 Å². The maximum absolute atomic E-state index is 8.79. The first-order valence-electron chi connectivity index (χ1n) is 2.80. The SMILES string of the molecule is Oc1ccc(S(O)(O)O)cc1. The van der Waals surface area contributed by atoms with Gasteiger partial charge in [-0.15, -0.1) is 0 Å². The van der Waals surface area contributed by atoms with Gasteiger partial charge in [-0.3, -0.25) is 0 Å². The zero-order valence-electron chi connectivity index (χ0n) is 5.51. The second-order valence-electron chi connectivity index (χ2n) is 2.01. The second-order valence-corrected chi connectivity index (χ2v) is 3.52. The average molecular weight is 176 g/mol. The van der Waals surface area contributed by atoms with E-state index in [2.05, 4.69) is 0 Å². The fraction of sp³-hybridized carbons (Fsp3) is 0. The van der Waals surface area contributed by atoms with E-state index in [4.69, 9.17) is 18.8 Å². The summed E-state index contributed by atoms with van der Waals surface area (Å²) in [6, 6.07) is 5.01. The van der Waals surface area contributed by atoms with E-state index in [-0.39, 0.29) is 10.6 Å². The maximum Gasteiger partial charge on any atom is 0.115 e. The van der Waals surface area contributed by atoms with Crippen LogP contribution in [-0.4, -0.2) is 18.8 Å². The van der Waals surface area contributed by atoms with Gasteiger partial charge in [0.15, 0.2) is 0 Å². The van der Waals surface area contributed by atoms with Crippen LogP contribution in [0.4, 0.5) is 0 Å². The summed E-state index contributed by atoms with van der Waals surface area (Å²) in [7, 11) is -3.63. The van der Waals surface area contributed by atoms with Crippen LogP contribution in [0.15, 0.2) is 29.2 Å². The molecule has 1 rings (SSSR count). The van der Waals surface area contributed by atoms with Crippen LogP contribution in [-0.2, 0) is 0 Å². The average Bonchev–Trinajstić information content (AvgIpc) is 1.86. The van der Waals surface area contributed by atoms with Crippen LogP contribution < -0.4 is 0 Å². The van der Waals surface area contributed by atoms with Crippen LogP contribution in [0.2, 0.25) is 0 Å². The molecule has 1 aromatic rings. The van der Waals surface area contributed by atoms with Gasteiger partial charge >= 0.3 is 0 Å². The summed E-state index contributed by atoms with van der Waals surface area (Å²) in [5, 5.41) is 8.79. The largest absolute Gasteiger partial charge is 0.508 e. The Labute approximate surface area is 65.3 Å². The van der Waals surface area contributed by atoms with Crippen molar-refractivity contribution in [2.75, 3.05) is 0 Å². The molecule has 4 N–H and O–H groups in total. The predicted octanol–water partition coefficient (Wildman–Crippen LogP) is 1.97. The van der Waals surface area contributed by atoms with Gasteiger partial charge in [0, 0.05) is 0 Å². The normalized spacial score (nSPS) is 13.0. The zero-order valence-corrected chi connectivity index (χ0v) is 6.32. The first kappa shape index (κ1) is 8.35. The van der Waals surface area contributed by atoms with E-state index >= 15 is 0 Å². The molecule has 0 aromatic heterocycles. The van der Waals surface area contributed by atoms with Crippen LogP contribution >= 0.6 is 10.9 Å². The highest BCUT2D eigenvalue weighted by atomic mass is 32.3. The maximum atomic E-state index is 8.79. The molecular formula is C6H8O4S. The third-order valence-corrected chi connectivity index (χ3v) is 2.06. The van der Waals surface area contributed by atoms with Crippen molar-refractivity contribution in [2.24, 2.45) is 0 Å². The molecule has 0 bridgehead atoms. The van der Waals surface area contributed by atoms with Gasteiger partial charge in [-0.1, -0.05) is 0 Å². The third-order valence-electron chi connectivity index (χ3n) is 1.15. The highest BCUT2D eigenvalue weighted by Gasteiger charge is 2.14. The fourth-order valence-electron chi connectivity index (χ4n) is 0.629. The summed E-state index contributed by atoms with van der Waals surface area (Å²) in [4.78, 5) is -0.00435. The number of rotatable bonds is 1. The van der Waals surface area contributed by atoms with Crippen molar-refractivity contribution in [1.29, 1.82) is 0 Å². The smallest absolute Gasteiger partial charge is 0.115 e. The molecule has 0 saturated carbocycles. The van der Waals surface area contributed by atoms with Crippen molar-refractivity contribution in [1.82, 2.24) is 0 Å². The summed E-state index contributed by atoms with van der Waals surface area (Å²) in [5.41, 5.74) is 0. The lowest BCUT2D eigenvalue weighted by atomic mass is 10.3. The Bertz CT molecular complexity index is 238. The molecule has 0 spiro atoms. The van der Waals surface area contributed by atoms with Gasteiger partial charge in [0.2, 0.25) is 0 Å². The van der Waals surface area contributed by atoms with Crippen LogP contribution in [0, 0.1) is 0 Å². The van der Waals surface area contributed by atoms with Gasteiger partial charge in [0.1, 0.15) is 16.6 Å². The van der Waals surface area contributed by atoms with Crippen LogP contribution in [0.3, 0.4) is 0 Å². The molecule has 0 atom stereocenters. The lowest BCUT2D eigenvalue weighted by Gasteiger charge is -2.18. The van der Waals surface area contributed by atoms with Gasteiger partial charge in [0.05, 0.1) is 4.90 Å². The number of benzene rings is 1. The highest BCUT2D eigenvalue weighted by molar-refractivity contribution is 8.19. The lowest BCUT2D eigenvalue weighted by Crippen LogP contribution is -1.94. The first-order chi connectivity index (χ1) is 5.00. The van der Waals surface area contributed by atoms with E-state index in [9.17, 15) is 0 Å². The van der Waals surface area contributed by atoms with E-state index in [1.165, 1.54) is 24.3 Å². The van der Waals surface area contributed by atoms with Crippen LogP contribution in [0.1, 0.15) is 0 Å². The summed E-state index contributed by atoms with van der Waals surface area (Å²) in [6.07, 6.45) is 0. The Morgan fingerprint density at radius 2 is 1.36 bits per heavy atom. The number of aromatic hydroxyl groups is 1. The fourth-order valence-corrected chi connectivity index (χ4v) is 1.13. The van der Waals surface area contributed by atoms with Crippen molar-refractivity contribution < 1.29 is 18.8 Å². The number of hydrogen-bond donors (Lipinski definition) is 4. The van der Waals surface area contributed by atoms with Crippen molar-refractivity contribution in [2.45, 2.75) is 4.90 Å². The third kappa shape index (κ3) is 2.09. The molecule has 11 heavy (non-hydrogen) atoms. The number of hydrogen-bond acceptors (Lipinski definition) is 4. The Hall–Kier alpha value is -0.750. The van der Waals surface area contributed by atoms with Crippen molar-refractivity contribution in [3.8, 4) is 5.75 Å². The van der Waals surface area contributed by atoms with E-state index < -0.39 is 10.9 Å². The lowest BCUT2D eigenvalue weighted by molar-refractivity contribution is 0.376. The Morgan fingerprint density at radius 3 is 1.73 bits per heavy atom. The monoisotopic (exact) mass is 176 g/mol. The second kappa shape index (κ2) is 2.71. The molecule has 5 heteroatoms. The molecule has 0 amide bonds. The molecule has 0 radical (unpaired) electrons. The first-order valence-corrected chi connectivity index (χ1v) is 4.30. The molecule has 0 aliphatic heterocycles. The summed E-state index contributed by atoms with van der Waals surface area (Å²) < 4.78 is 26.1. The van der Waals surface area contributed by atoms with Crippen LogP contribution in [0.5, 0.6) is 5.75 Å². The summed E-state index contributed by atoms with van der Waals surface area (Å²) in [6.45, 7) is 0. The minimum Gasteiger partial charge on any atom is -0.508 e. The van der Waals surface area contributed by atoms with Crippen LogP contribution in [0.25, 0.3) is 0 Å². The molecule has 62 valence electrons. The van der Waals surface area contributed by atoms with Gasteiger partial charge in [-0.05, 0) is 24.3 Å². The Morgan fingerprint density at radius 1 is 0.909 bits per heavy atom.